The summed E-state index contributed by atoms with van der Waals surface area (Å²) in [6.45, 7) is 6.08. The van der Waals surface area contributed by atoms with E-state index in [-0.39, 0.29) is 42.6 Å². The second-order valence-corrected chi connectivity index (χ2v) is 9.75. The molecule has 0 amide bonds. The first kappa shape index (κ1) is 29.9. The van der Waals surface area contributed by atoms with Gasteiger partial charge in [0, 0.05) is 0 Å². The van der Waals surface area contributed by atoms with Gasteiger partial charge in [-0.05, 0) is 55.4 Å². The first-order chi connectivity index (χ1) is 13.9. The van der Waals surface area contributed by atoms with Crippen molar-refractivity contribution in [2.45, 2.75) is 109 Å². The first-order valence-electron chi connectivity index (χ1n) is 11.6. The molecule has 0 bridgehead atoms. The molecule has 4 nitrogen and oxygen atoms in total. The van der Waals surface area contributed by atoms with Crippen LogP contribution < -0.4 is 34.3 Å². The Hall–Kier alpha value is -0.0700. The molecule has 1 unspecified atom stereocenters. The summed E-state index contributed by atoms with van der Waals surface area (Å²) in [5.41, 5.74) is 2.69. The van der Waals surface area contributed by atoms with Crippen LogP contribution in [0.2, 0.25) is 0 Å². The minimum atomic E-state index is -4.32. The third-order valence-corrected chi connectivity index (χ3v) is 6.86. The van der Waals surface area contributed by atoms with Gasteiger partial charge in [0.05, 0.1) is 5.25 Å². The Morgan fingerprint density at radius 3 is 1.87 bits per heavy atom. The SMILES string of the molecule is CCCCCCCc1ccc(OCC(CC)S(=O)(=O)[O-])cc1CCCCCCC.[Na+]. The molecule has 0 heterocycles. The summed E-state index contributed by atoms with van der Waals surface area (Å²) in [5.74, 6) is 0.672. The molecule has 1 atom stereocenters. The molecule has 0 radical (unpaired) electrons. The van der Waals surface area contributed by atoms with Crippen molar-refractivity contribution in [2.75, 3.05) is 6.61 Å². The van der Waals surface area contributed by atoms with E-state index in [0.717, 1.165) is 12.8 Å². The van der Waals surface area contributed by atoms with Crippen molar-refractivity contribution in [2.24, 2.45) is 0 Å². The van der Waals surface area contributed by atoms with Gasteiger partial charge in [0.15, 0.2) is 0 Å². The normalized spacial score (nSPS) is 12.4. The maximum Gasteiger partial charge on any atom is 1.00 e. The van der Waals surface area contributed by atoms with Crippen molar-refractivity contribution < 1.29 is 47.3 Å². The van der Waals surface area contributed by atoms with Crippen molar-refractivity contribution in [3.05, 3.63) is 29.3 Å². The minimum Gasteiger partial charge on any atom is -0.748 e. The molecule has 168 valence electrons. The second kappa shape index (κ2) is 17.5. The number of ether oxygens (including phenoxy) is 1. The molecule has 0 aliphatic heterocycles. The van der Waals surface area contributed by atoms with E-state index in [2.05, 4.69) is 26.0 Å². The standard InChI is InChI=1S/C24H42O4S.Na/c1-4-7-9-11-13-15-21-17-18-23(28-20-24(6-3)29(25,26)27)19-22(21)16-14-12-10-8-5-2;/h17-19,24H,4-16,20H2,1-3H3,(H,25,26,27);/q;+1/p-1. The molecule has 0 aliphatic carbocycles. The van der Waals surface area contributed by atoms with Crippen LogP contribution >= 0.6 is 0 Å². The van der Waals surface area contributed by atoms with Gasteiger partial charge in [-0.1, -0.05) is 78.2 Å². The maximum atomic E-state index is 11.3. The predicted octanol–water partition coefficient (Wildman–Crippen LogP) is 3.42. The fourth-order valence-corrected chi connectivity index (χ4v) is 4.24. The second-order valence-electron chi connectivity index (χ2n) is 8.09. The Balaban J connectivity index is 0.00000841. The minimum absolute atomic E-state index is 0. The smallest absolute Gasteiger partial charge is 0.748 e. The largest absolute Gasteiger partial charge is 1.00 e. The number of benzene rings is 1. The van der Waals surface area contributed by atoms with Crippen molar-refractivity contribution in [3.63, 3.8) is 0 Å². The molecule has 1 rings (SSSR count). The summed E-state index contributed by atoms with van der Waals surface area (Å²) >= 11 is 0. The van der Waals surface area contributed by atoms with Crippen molar-refractivity contribution in [1.82, 2.24) is 0 Å². The zero-order chi connectivity index (χ0) is 21.5. The van der Waals surface area contributed by atoms with Crippen LogP contribution in [0.1, 0.15) is 103 Å². The Morgan fingerprint density at radius 2 is 1.37 bits per heavy atom. The zero-order valence-electron chi connectivity index (χ0n) is 19.8. The summed E-state index contributed by atoms with van der Waals surface area (Å²) < 4.78 is 39.6. The van der Waals surface area contributed by atoms with E-state index in [9.17, 15) is 13.0 Å². The molecular formula is C24H41NaO4S. The molecule has 0 aliphatic rings. The molecular weight excluding hydrogens is 407 g/mol. The van der Waals surface area contributed by atoms with Crippen molar-refractivity contribution in [1.29, 1.82) is 0 Å². The molecule has 0 fully saturated rings. The van der Waals surface area contributed by atoms with Crippen LogP contribution in [0.4, 0.5) is 0 Å². The quantitative estimate of drug-likeness (QED) is 0.208. The van der Waals surface area contributed by atoms with E-state index < -0.39 is 15.4 Å². The van der Waals surface area contributed by atoms with Crippen LogP contribution in [0.3, 0.4) is 0 Å². The number of unbranched alkanes of at least 4 members (excludes halogenated alkanes) is 8. The van der Waals surface area contributed by atoms with Crippen molar-refractivity contribution in [3.8, 4) is 5.75 Å². The van der Waals surface area contributed by atoms with Gasteiger partial charge in [0.1, 0.15) is 22.5 Å². The van der Waals surface area contributed by atoms with Crippen LogP contribution in [-0.4, -0.2) is 24.8 Å². The fourth-order valence-electron chi connectivity index (χ4n) is 3.60. The fraction of sp³-hybridized carbons (Fsp3) is 0.750. The molecule has 30 heavy (non-hydrogen) atoms. The average Bonchev–Trinajstić information content (AvgIpc) is 2.68. The van der Waals surface area contributed by atoms with Gasteiger partial charge in [-0.15, -0.1) is 0 Å². The molecule has 6 heteroatoms. The number of aryl methyl sites for hydroxylation is 2. The monoisotopic (exact) mass is 448 g/mol. The van der Waals surface area contributed by atoms with Gasteiger partial charge >= 0.3 is 29.6 Å². The number of hydrogen-bond donors (Lipinski definition) is 0. The Labute approximate surface area is 207 Å². The molecule has 0 saturated heterocycles. The molecule has 0 N–H and O–H groups in total. The molecule has 1 aromatic rings. The van der Waals surface area contributed by atoms with Gasteiger partial charge < -0.3 is 9.29 Å². The van der Waals surface area contributed by atoms with Gasteiger partial charge in [0.25, 0.3) is 0 Å². The Morgan fingerprint density at radius 1 is 0.833 bits per heavy atom. The summed E-state index contributed by atoms with van der Waals surface area (Å²) in [4.78, 5) is 0. The van der Waals surface area contributed by atoms with Crippen LogP contribution in [0.15, 0.2) is 18.2 Å². The topological polar surface area (TPSA) is 66.4 Å². The maximum absolute atomic E-state index is 11.3. The van der Waals surface area contributed by atoms with E-state index in [1.807, 2.05) is 6.07 Å². The van der Waals surface area contributed by atoms with Gasteiger partial charge in [-0.3, -0.25) is 0 Å². The predicted molar refractivity (Wildman–Crippen MR) is 121 cm³/mol. The number of rotatable bonds is 17. The van der Waals surface area contributed by atoms with Gasteiger partial charge in [-0.2, -0.15) is 0 Å². The van der Waals surface area contributed by atoms with E-state index in [0.29, 0.717) is 5.75 Å². The van der Waals surface area contributed by atoms with E-state index >= 15 is 0 Å². The number of hydrogen-bond acceptors (Lipinski definition) is 4. The Kier molecular flexibility index (Phi) is 17.4. The van der Waals surface area contributed by atoms with Crippen molar-refractivity contribution >= 4 is 10.1 Å². The van der Waals surface area contributed by atoms with Crippen LogP contribution in [0, 0.1) is 0 Å². The first-order valence-corrected chi connectivity index (χ1v) is 13.1. The van der Waals surface area contributed by atoms with E-state index in [4.69, 9.17) is 4.74 Å². The van der Waals surface area contributed by atoms with Crippen LogP contribution in [-0.2, 0) is 23.0 Å². The summed E-state index contributed by atoms with van der Waals surface area (Å²) in [5, 5.41) is -0.988. The third-order valence-electron chi connectivity index (χ3n) is 5.58. The summed E-state index contributed by atoms with van der Waals surface area (Å²) in [6.07, 6.45) is 14.9. The Bertz CT molecular complexity index is 661. The van der Waals surface area contributed by atoms with Crippen LogP contribution in [0.25, 0.3) is 0 Å². The molecule has 1 aromatic carbocycles. The van der Waals surface area contributed by atoms with Crippen LogP contribution in [0.5, 0.6) is 5.75 Å². The van der Waals surface area contributed by atoms with E-state index in [1.165, 1.54) is 75.3 Å². The van der Waals surface area contributed by atoms with E-state index in [1.54, 1.807) is 6.92 Å². The third kappa shape index (κ3) is 12.7. The van der Waals surface area contributed by atoms with Gasteiger partial charge in [-0.25, -0.2) is 8.42 Å². The molecule has 0 saturated carbocycles. The van der Waals surface area contributed by atoms with Gasteiger partial charge in [0.2, 0.25) is 0 Å². The molecule has 0 aromatic heterocycles. The summed E-state index contributed by atoms with van der Waals surface area (Å²) in [6, 6.07) is 6.11. The molecule has 0 spiro atoms. The summed E-state index contributed by atoms with van der Waals surface area (Å²) in [7, 11) is -4.32. The zero-order valence-corrected chi connectivity index (χ0v) is 22.6. The average molecular weight is 449 g/mol.